The Morgan fingerprint density at radius 2 is 1.78 bits per heavy atom. The van der Waals surface area contributed by atoms with Gasteiger partial charge in [0.05, 0.1) is 35.4 Å². The number of pyridine rings is 1. The molecule has 3 aromatic heterocycles. The number of nitrogens with one attached hydrogen (secondary N) is 1. The van der Waals surface area contributed by atoms with Gasteiger partial charge in [0.15, 0.2) is 17.1 Å². The van der Waals surface area contributed by atoms with Crippen molar-refractivity contribution in [2.75, 3.05) is 5.73 Å². The van der Waals surface area contributed by atoms with Crippen LogP contribution in [0.4, 0.5) is 40.9 Å². The first kappa shape index (κ1) is 29.4. The number of hydrogen-bond acceptors (Lipinski definition) is 7. The van der Waals surface area contributed by atoms with Gasteiger partial charge in [-0.15, -0.1) is 0 Å². The van der Waals surface area contributed by atoms with E-state index < -0.39 is 105 Å². The number of halogens is 8. The molecule has 3 N–H and O–H groups in total. The monoisotopic (exact) mass is 590 g/mol. The number of ether oxygens (including phenoxy) is 1. The average molecular weight is 590 g/mol. The molecule has 0 aliphatic carbocycles. The molecule has 0 aliphatic heterocycles. The highest BCUT2D eigenvalue weighted by molar-refractivity contribution is 5.86. The van der Waals surface area contributed by atoms with Gasteiger partial charge in [0.25, 0.3) is 17.5 Å². The Balaban J connectivity index is 1.57. The van der Waals surface area contributed by atoms with Crippen LogP contribution in [0.5, 0.6) is 5.75 Å². The number of fused-ring (bicyclic) bond motifs is 1. The third-order valence-electron chi connectivity index (χ3n) is 5.86. The lowest BCUT2D eigenvalue weighted by Crippen LogP contribution is -2.29. The number of rotatable bonds is 8. The van der Waals surface area contributed by atoms with Crippen LogP contribution in [-0.4, -0.2) is 37.0 Å². The number of nitrogens with two attached hydrogens (primary N) is 1. The van der Waals surface area contributed by atoms with Crippen LogP contribution in [0, 0.1) is 11.6 Å². The molecule has 1 aromatic carbocycles. The highest BCUT2D eigenvalue weighted by Crippen LogP contribution is 2.33. The zero-order valence-electron chi connectivity index (χ0n) is 20.6. The molecule has 218 valence electrons. The Labute approximate surface area is 223 Å². The maximum atomic E-state index is 15.0. The van der Waals surface area contributed by atoms with Gasteiger partial charge in [0.2, 0.25) is 0 Å². The van der Waals surface area contributed by atoms with Gasteiger partial charge in [-0.3, -0.25) is 9.59 Å². The zero-order valence-corrected chi connectivity index (χ0v) is 20.6. The summed E-state index contributed by atoms with van der Waals surface area (Å²) in [5.74, 6) is -4.22. The minimum absolute atomic E-state index is 0.406. The van der Waals surface area contributed by atoms with Crippen LogP contribution < -0.4 is 21.6 Å². The molecule has 9 nitrogen and oxygen atoms in total. The van der Waals surface area contributed by atoms with Gasteiger partial charge >= 0.3 is 6.18 Å². The van der Waals surface area contributed by atoms with Crippen molar-refractivity contribution in [3.05, 3.63) is 74.2 Å². The van der Waals surface area contributed by atoms with Crippen molar-refractivity contribution < 1.29 is 39.9 Å². The second-order valence-corrected chi connectivity index (χ2v) is 8.84. The molecule has 0 fully saturated rings. The zero-order chi connectivity index (χ0) is 30.2. The Morgan fingerprint density at radius 3 is 2.41 bits per heavy atom. The Hall–Kier alpha value is -4.57. The first-order valence-electron chi connectivity index (χ1n) is 11.6. The molecule has 0 spiro atoms. The normalized spacial score (nSPS) is 13.5. The summed E-state index contributed by atoms with van der Waals surface area (Å²) >= 11 is 0. The summed E-state index contributed by atoms with van der Waals surface area (Å²) in [4.78, 5) is 31.7. The molecule has 17 heteroatoms. The molecule has 4 aromatic rings. The van der Waals surface area contributed by atoms with E-state index >= 15 is 0 Å². The Morgan fingerprint density at radius 1 is 1.07 bits per heavy atom. The van der Waals surface area contributed by atoms with Gasteiger partial charge in [-0.2, -0.15) is 18.3 Å². The number of hydrogen-bond donors (Lipinski definition) is 2. The number of H-pyrrole nitrogens is 1. The van der Waals surface area contributed by atoms with Crippen LogP contribution in [0.3, 0.4) is 0 Å². The summed E-state index contributed by atoms with van der Waals surface area (Å²) in [5, 5.41) is 3.96. The van der Waals surface area contributed by atoms with Gasteiger partial charge in [-0.25, -0.2) is 37.0 Å². The Bertz CT molecular complexity index is 1720. The van der Waals surface area contributed by atoms with Crippen molar-refractivity contribution in [3.8, 4) is 17.1 Å². The van der Waals surface area contributed by atoms with Gasteiger partial charge in [0.1, 0.15) is 23.6 Å². The van der Waals surface area contributed by atoms with Gasteiger partial charge in [0, 0.05) is 24.2 Å². The van der Waals surface area contributed by atoms with Crippen molar-refractivity contribution >= 4 is 16.6 Å². The molecule has 2 atom stereocenters. The standard InChI is InChI=1S/C24H18F8N6O3/c1-9(41-17-6-35-37-22(39)18(17)24(30,31)32)2-10(25)7-38-8-16(27)11-3-13(15(26)4-12(11)23(38)40)21-34-5-14(19(28)29)20(33)36-21/h3-6,8-10,19H,2,7H2,1H3,(H,37,39)(H2,33,34,36)/t9-,10-/m0/s1. The van der Waals surface area contributed by atoms with E-state index in [1.165, 1.54) is 6.92 Å². The maximum absolute atomic E-state index is 15.0. The summed E-state index contributed by atoms with van der Waals surface area (Å²) in [7, 11) is 0. The van der Waals surface area contributed by atoms with Crippen LogP contribution in [0.25, 0.3) is 22.2 Å². The molecule has 0 radical (unpaired) electrons. The van der Waals surface area contributed by atoms with E-state index in [-0.39, 0.29) is 0 Å². The highest BCUT2D eigenvalue weighted by Gasteiger charge is 2.38. The van der Waals surface area contributed by atoms with Gasteiger partial charge in [-0.05, 0) is 19.1 Å². The van der Waals surface area contributed by atoms with Crippen LogP contribution in [0.15, 0.2) is 40.3 Å². The van der Waals surface area contributed by atoms with E-state index in [1.807, 2.05) is 0 Å². The van der Waals surface area contributed by atoms with Crippen molar-refractivity contribution in [1.82, 2.24) is 24.7 Å². The van der Waals surface area contributed by atoms with Crippen LogP contribution in [0.2, 0.25) is 0 Å². The molecule has 0 saturated heterocycles. The van der Waals surface area contributed by atoms with Crippen molar-refractivity contribution in [3.63, 3.8) is 0 Å². The second kappa shape index (κ2) is 11.1. The minimum atomic E-state index is -5.08. The van der Waals surface area contributed by atoms with E-state index in [0.717, 1.165) is 6.07 Å². The number of nitrogens with zero attached hydrogens (tertiary/aromatic N) is 4. The lowest BCUT2D eigenvalue weighted by Gasteiger charge is -2.19. The summed E-state index contributed by atoms with van der Waals surface area (Å²) in [6.45, 7) is 0.425. The summed E-state index contributed by atoms with van der Waals surface area (Å²) in [6, 6.07) is 1.52. The average Bonchev–Trinajstić information content (AvgIpc) is 2.85. The molecular weight excluding hydrogens is 572 g/mol. The Kier molecular flexibility index (Phi) is 7.98. The molecule has 3 heterocycles. The second-order valence-electron chi connectivity index (χ2n) is 8.84. The lowest BCUT2D eigenvalue weighted by molar-refractivity contribution is -0.140. The third-order valence-corrected chi connectivity index (χ3v) is 5.86. The first-order valence-corrected chi connectivity index (χ1v) is 11.6. The van der Waals surface area contributed by atoms with Crippen LogP contribution in [-0.2, 0) is 12.7 Å². The highest BCUT2D eigenvalue weighted by atomic mass is 19.4. The maximum Gasteiger partial charge on any atom is 0.425 e. The molecule has 0 amide bonds. The number of aromatic amines is 1. The predicted molar refractivity (Wildman–Crippen MR) is 128 cm³/mol. The number of nitrogen functional groups attached to an aromatic ring is 1. The molecule has 0 bridgehead atoms. The topological polar surface area (TPSA) is 129 Å². The SMILES string of the molecule is C[C@@H](C[C@H](F)Cn1cc(F)c2cc(-c3ncc(C(F)F)c(N)n3)c(F)cc2c1=O)Oc1cn[nH]c(=O)c1C(F)(F)F. The smallest absolute Gasteiger partial charge is 0.425 e. The molecule has 0 unspecified atom stereocenters. The van der Waals surface area contributed by atoms with E-state index in [9.17, 15) is 44.7 Å². The van der Waals surface area contributed by atoms with Gasteiger partial charge < -0.3 is 15.0 Å². The predicted octanol–water partition coefficient (Wildman–Crippen LogP) is 4.55. The van der Waals surface area contributed by atoms with Crippen molar-refractivity contribution in [2.24, 2.45) is 0 Å². The lowest BCUT2D eigenvalue weighted by atomic mass is 10.1. The molecule has 0 saturated carbocycles. The number of benzene rings is 1. The largest absolute Gasteiger partial charge is 0.488 e. The molecule has 0 aliphatic rings. The van der Waals surface area contributed by atoms with Crippen LogP contribution in [0.1, 0.15) is 30.9 Å². The van der Waals surface area contributed by atoms with E-state index in [4.69, 9.17) is 10.5 Å². The minimum Gasteiger partial charge on any atom is -0.488 e. The number of alkyl halides is 6. The van der Waals surface area contributed by atoms with E-state index in [2.05, 4.69) is 15.1 Å². The fraction of sp³-hybridized carbons (Fsp3) is 0.292. The molecular formula is C24H18F8N6O3. The van der Waals surface area contributed by atoms with Crippen LogP contribution >= 0.6 is 0 Å². The summed E-state index contributed by atoms with van der Waals surface area (Å²) < 4.78 is 116. The van der Waals surface area contributed by atoms with E-state index in [1.54, 1.807) is 5.10 Å². The fourth-order valence-corrected chi connectivity index (χ4v) is 4.03. The summed E-state index contributed by atoms with van der Waals surface area (Å²) in [5.41, 5.74) is 0.0905. The molecule has 4 rings (SSSR count). The van der Waals surface area contributed by atoms with Gasteiger partial charge in [-0.1, -0.05) is 0 Å². The van der Waals surface area contributed by atoms with Crippen molar-refractivity contribution in [1.29, 1.82) is 0 Å². The third kappa shape index (κ3) is 6.12. The fourth-order valence-electron chi connectivity index (χ4n) is 4.03. The first-order chi connectivity index (χ1) is 19.2. The summed E-state index contributed by atoms with van der Waals surface area (Å²) in [6.07, 6.45) is -9.95. The molecule has 41 heavy (non-hydrogen) atoms. The van der Waals surface area contributed by atoms with E-state index in [0.29, 0.717) is 29.2 Å². The number of anilines is 1. The number of aromatic nitrogens is 5. The van der Waals surface area contributed by atoms with Crippen molar-refractivity contribution in [2.45, 2.75) is 44.8 Å². The quantitative estimate of drug-likeness (QED) is 0.288.